The van der Waals surface area contributed by atoms with Gasteiger partial charge in [-0.05, 0) is 37.5 Å². The molecule has 0 atom stereocenters. The maximum Gasteiger partial charge on any atom is 0.194 e. The van der Waals surface area contributed by atoms with Crippen LogP contribution in [0.15, 0.2) is 29.3 Å². The van der Waals surface area contributed by atoms with Gasteiger partial charge in [0.25, 0.3) is 0 Å². The van der Waals surface area contributed by atoms with Crippen molar-refractivity contribution in [3.8, 4) is 0 Å². The van der Waals surface area contributed by atoms with Gasteiger partial charge in [0, 0.05) is 24.7 Å². The summed E-state index contributed by atoms with van der Waals surface area (Å²) in [7, 11) is 0. The molecule has 0 aliphatic carbocycles. The summed E-state index contributed by atoms with van der Waals surface area (Å²) in [6, 6.07) is 7.89. The molecular weight excluding hydrogens is 246 g/mol. The Kier molecular flexibility index (Phi) is 4.88. The summed E-state index contributed by atoms with van der Waals surface area (Å²) < 4.78 is 0. The monoisotopic (exact) mass is 265 g/mol. The fourth-order valence-electron chi connectivity index (χ4n) is 2.16. The van der Waals surface area contributed by atoms with Gasteiger partial charge in [-0.2, -0.15) is 0 Å². The van der Waals surface area contributed by atoms with Crippen LogP contribution in [0.25, 0.3) is 0 Å². The zero-order valence-electron chi connectivity index (χ0n) is 10.8. The number of guanidine groups is 1. The van der Waals surface area contributed by atoms with Gasteiger partial charge in [-0.3, -0.25) is 0 Å². The van der Waals surface area contributed by atoms with Gasteiger partial charge in [-0.15, -0.1) is 0 Å². The maximum atomic E-state index is 5.97. The van der Waals surface area contributed by atoms with E-state index in [2.05, 4.69) is 28.2 Å². The Morgan fingerprint density at radius 1 is 1.39 bits per heavy atom. The number of hydrogen-bond acceptors (Lipinski definition) is 1. The molecule has 0 amide bonds. The van der Waals surface area contributed by atoms with E-state index in [-0.39, 0.29) is 0 Å². The third-order valence-corrected chi connectivity index (χ3v) is 3.28. The van der Waals surface area contributed by atoms with Crippen LogP contribution in [0.5, 0.6) is 0 Å². The number of halogens is 1. The maximum absolute atomic E-state index is 5.97. The second kappa shape index (κ2) is 6.64. The largest absolute Gasteiger partial charge is 0.357 e. The molecule has 1 aromatic rings. The van der Waals surface area contributed by atoms with Gasteiger partial charge >= 0.3 is 0 Å². The van der Waals surface area contributed by atoms with Crippen molar-refractivity contribution in [3.63, 3.8) is 0 Å². The molecule has 1 fully saturated rings. The van der Waals surface area contributed by atoms with Gasteiger partial charge in [0.05, 0.1) is 6.54 Å². The van der Waals surface area contributed by atoms with Crippen molar-refractivity contribution in [2.24, 2.45) is 4.99 Å². The molecule has 0 saturated carbocycles. The first kappa shape index (κ1) is 13.2. The highest BCUT2D eigenvalue weighted by Gasteiger charge is 2.15. The van der Waals surface area contributed by atoms with E-state index in [1.165, 1.54) is 12.8 Å². The highest BCUT2D eigenvalue weighted by Crippen LogP contribution is 2.12. The normalized spacial score (nSPS) is 16.1. The van der Waals surface area contributed by atoms with Crippen LogP contribution in [0.4, 0.5) is 0 Å². The zero-order chi connectivity index (χ0) is 12.8. The van der Waals surface area contributed by atoms with Gasteiger partial charge in [0.15, 0.2) is 5.96 Å². The molecule has 1 saturated heterocycles. The van der Waals surface area contributed by atoms with Crippen molar-refractivity contribution in [2.45, 2.75) is 26.3 Å². The molecule has 1 N–H and O–H groups in total. The number of hydrogen-bond donors (Lipinski definition) is 1. The van der Waals surface area contributed by atoms with Crippen molar-refractivity contribution in [3.05, 3.63) is 34.9 Å². The molecule has 0 radical (unpaired) electrons. The zero-order valence-corrected chi connectivity index (χ0v) is 11.6. The van der Waals surface area contributed by atoms with Crippen LogP contribution < -0.4 is 5.32 Å². The van der Waals surface area contributed by atoms with Crippen molar-refractivity contribution >= 4 is 17.6 Å². The van der Waals surface area contributed by atoms with Crippen molar-refractivity contribution in [2.75, 3.05) is 19.6 Å². The van der Waals surface area contributed by atoms with Crippen molar-refractivity contribution < 1.29 is 0 Å². The summed E-state index contributed by atoms with van der Waals surface area (Å²) in [6.45, 7) is 5.91. The molecule has 1 aliphatic heterocycles. The first-order valence-corrected chi connectivity index (χ1v) is 6.95. The quantitative estimate of drug-likeness (QED) is 0.672. The minimum absolute atomic E-state index is 0.680. The summed E-state index contributed by atoms with van der Waals surface area (Å²) >= 11 is 5.97. The number of aliphatic imine (C=N–C) groups is 1. The first-order chi connectivity index (χ1) is 8.79. The third-order valence-electron chi connectivity index (χ3n) is 3.04. The van der Waals surface area contributed by atoms with Gasteiger partial charge in [0.1, 0.15) is 0 Å². The molecule has 0 unspecified atom stereocenters. The Bertz CT molecular complexity index is 411. The van der Waals surface area contributed by atoms with Gasteiger partial charge < -0.3 is 10.2 Å². The highest BCUT2D eigenvalue weighted by molar-refractivity contribution is 6.30. The van der Waals surface area contributed by atoms with Crippen LogP contribution in [0, 0.1) is 0 Å². The van der Waals surface area contributed by atoms with Gasteiger partial charge in [0.2, 0.25) is 0 Å². The molecular formula is C14H20ClN3. The Morgan fingerprint density at radius 2 is 2.17 bits per heavy atom. The van der Waals surface area contributed by atoms with Crippen LogP contribution in [-0.2, 0) is 6.54 Å². The fourth-order valence-corrected chi connectivity index (χ4v) is 2.37. The lowest BCUT2D eigenvalue weighted by molar-refractivity contribution is 0.493. The first-order valence-electron chi connectivity index (χ1n) is 6.57. The Hall–Kier alpha value is -1.22. The second-order valence-electron chi connectivity index (χ2n) is 4.49. The van der Waals surface area contributed by atoms with E-state index in [1.54, 1.807) is 0 Å². The Labute approximate surface area is 114 Å². The van der Waals surface area contributed by atoms with E-state index in [0.29, 0.717) is 6.54 Å². The van der Waals surface area contributed by atoms with E-state index in [9.17, 15) is 0 Å². The van der Waals surface area contributed by atoms with Crippen LogP contribution in [0.2, 0.25) is 5.02 Å². The standard InChI is InChI=1S/C14H20ClN3/c1-2-16-14(18-8-3-4-9-18)17-11-12-6-5-7-13(15)10-12/h5-7,10H,2-4,8-9,11H2,1H3,(H,16,17). The van der Waals surface area contributed by atoms with Gasteiger partial charge in [-0.1, -0.05) is 23.7 Å². The molecule has 0 bridgehead atoms. The SMILES string of the molecule is CCNC(=NCc1cccc(Cl)c1)N1CCCC1. The molecule has 1 aromatic carbocycles. The molecule has 2 rings (SSSR count). The summed E-state index contributed by atoms with van der Waals surface area (Å²) in [5.41, 5.74) is 1.15. The lowest BCUT2D eigenvalue weighted by Gasteiger charge is -2.20. The second-order valence-corrected chi connectivity index (χ2v) is 4.93. The topological polar surface area (TPSA) is 27.6 Å². The molecule has 0 spiro atoms. The van der Waals surface area contributed by atoms with Crippen LogP contribution in [0.1, 0.15) is 25.3 Å². The molecule has 1 heterocycles. The summed E-state index contributed by atoms with van der Waals surface area (Å²) in [5.74, 6) is 1.02. The number of nitrogens with zero attached hydrogens (tertiary/aromatic N) is 2. The number of likely N-dealkylation sites (tertiary alicyclic amines) is 1. The van der Waals surface area contributed by atoms with E-state index in [0.717, 1.165) is 36.2 Å². The minimum Gasteiger partial charge on any atom is -0.357 e. The van der Waals surface area contributed by atoms with Crippen molar-refractivity contribution in [1.29, 1.82) is 0 Å². The third kappa shape index (κ3) is 3.64. The summed E-state index contributed by atoms with van der Waals surface area (Å²) in [4.78, 5) is 7.01. The molecule has 18 heavy (non-hydrogen) atoms. The van der Waals surface area contributed by atoms with Gasteiger partial charge in [-0.25, -0.2) is 4.99 Å². The van der Waals surface area contributed by atoms with E-state index >= 15 is 0 Å². The average molecular weight is 266 g/mol. The molecule has 3 nitrogen and oxygen atoms in total. The van der Waals surface area contributed by atoms with Crippen molar-refractivity contribution in [1.82, 2.24) is 10.2 Å². The molecule has 4 heteroatoms. The molecule has 0 aromatic heterocycles. The van der Waals surface area contributed by atoms with Crippen LogP contribution in [-0.4, -0.2) is 30.5 Å². The Morgan fingerprint density at radius 3 is 2.83 bits per heavy atom. The van der Waals surface area contributed by atoms with E-state index in [4.69, 9.17) is 11.6 Å². The van der Waals surface area contributed by atoms with E-state index in [1.807, 2.05) is 18.2 Å². The van der Waals surface area contributed by atoms with Crippen LogP contribution in [0.3, 0.4) is 0 Å². The molecule has 98 valence electrons. The highest BCUT2D eigenvalue weighted by atomic mass is 35.5. The fraction of sp³-hybridized carbons (Fsp3) is 0.500. The number of benzene rings is 1. The number of nitrogens with one attached hydrogen (secondary N) is 1. The van der Waals surface area contributed by atoms with Crippen LogP contribution >= 0.6 is 11.6 Å². The predicted octanol–water partition coefficient (Wildman–Crippen LogP) is 2.90. The average Bonchev–Trinajstić information content (AvgIpc) is 2.88. The predicted molar refractivity (Wildman–Crippen MR) is 77.1 cm³/mol. The Balaban J connectivity index is 2.03. The minimum atomic E-state index is 0.680. The number of rotatable bonds is 3. The lowest BCUT2D eigenvalue weighted by atomic mass is 10.2. The lowest BCUT2D eigenvalue weighted by Crippen LogP contribution is -2.39. The van der Waals surface area contributed by atoms with E-state index < -0.39 is 0 Å². The smallest absolute Gasteiger partial charge is 0.194 e. The summed E-state index contributed by atoms with van der Waals surface area (Å²) in [6.07, 6.45) is 2.53. The molecule has 1 aliphatic rings. The summed E-state index contributed by atoms with van der Waals surface area (Å²) in [5, 5.41) is 4.12.